The molecule has 0 unspecified atom stereocenters. The van der Waals surface area contributed by atoms with Crippen molar-refractivity contribution in [3.63, 3.8) is 0 Å². The van der Waals surface area contributed by atoms with Crippen molar-refractivity contribution < 1.29 is 4.74 Å². The van der Waals surface area contributed by atoms with Gasteiger partial charge < -0.3 is 10.5 Å². The van der Waals surface area contributed by atoms with Gasteiger partial charge in [0.15, 0.2) is 0 Å². The zero-order chi connectivity index (χ0) is 14.7. The molecular weight excluding hydrogens is 262 g/mol. The van der Waals surface area contributed by atoms with E-state index in [0.29, 0.717) is 12.4 Å². The number of benzene rings is 2. The van der Waals surface area contributed by atoms with Crippen LogP contribution in [-0.4, -0.2) is 16.9 Å². The van der Waals surface area contributed by atoms with E-state index in [9.17, 15) is 0 Å². The van der Waals surface area contributed by atoms with Crippen LogP contribution in [0.15, 0.2) is 60.8 Å². The second kappa shape index (κ2) is 5.71. The first-order valence-corrected chi connectivity index (χ1v) is 6.77. The smallest absolute Gasteiger partial charge is 0.129 e. The van der Waals surface area contributed by atoms with E-state index < -0.39 is 0 Å². The molecule has 0 aliphatic rings. The number of anilines is 1. The first-order valence-electron chi connectivity index (χ1n) is 6.77. The van der Waals surface area contributed by atoms with Gasteiger partial charge in [0.25, 0.3) is 0 Å². The number of nitrogens with two attached hydrogens (primary N) is 1. The Kier molecular flexibility index (Phi) is 3.60. The van der Waals surface area contributed by atoms with Crippen LogP contribution < -0.4 is 10.5 Å². The van der Waals surface area contributed by atoms with Crippen molar-refractivity contribution in [2.24, 2.45) is 0 Å². The molecule has 0 spiro atoms. The van der Waals surface area contributed by atoms with Gasteiger partial charge in [-0.15, -0.1) is 0 Å². The van der Waals surface area contributed by atoms with Gasteiger partial charge in [0.05, 0.1) is 19.9 Å². The molecule has 3 aromatic rings. The summed E-state index contributed by atoms with van der Waals surface area (Å²) >= 11 is 0. The van der Waals surface area contributed by atoms with Crippen LogP contribution in [0.2, 0.25) is 0 Å². The van der Waals surface area contributed by atoms with E-state index in [4.69, 9.17) is 10.5 Å². The Labute approximate surface area is 123 Å². The summed E-state index contributed by atoms with van der Waals surface area (Å²) in [6.45, 7) is 0.669. The molecule has 1 heterocycles. The van der Waals surface area contributed by atoms with Crippen molar-refractivity contribution in [1.29, 1.82) is 0 Å². The predicted octanol–water partition coefficient (Wildman–Crippen LogP) is 3.19. The van der Waals surface area contributed by atoms with Gasteiger partial charge in [0.2, 0.25) is 0 Å². The second-order valence-corrected chi connectivity index (χ2v) is 4.82. The highest BCUT2D eigenvalue weighted by Gasteiger charge is 2.10. The van der Waals surface area contributed by atoms with Gasteiger partial charge in [-0.2, -0.15) is 5.10 Å². The summed E-state index contributed by atoms with van der Waals surface area (Å²) in [6.07, 6.45) is 1.81. The largest absolute Gasteiger partial charge is 0.497 e. The first kappa shape index (κ1) is 13.2. The molecule has 0 saturated heterocycles. The number of ether oxygens (including phenoxy) is 1. The number of methoxy groups -OCH3 is 1. The summed E-state index contributed by atoms with van der Waals surface area (Å²) in [6, 6.07) is 18.0. The van der Waals surface area contributed by atoms with Gasteiger partial charge in [-0.05, 0) is 23.3 Å². The maximum absolute atomic E-state index is 6.22. The average Bonchev–Trinajstić information content (AvgIpc) is 2.89. The summed E-state index contributed by atoms with van der Waals surface area (Å²) in [4.78, 5) is 0. The molecule has 0 saturated carbocycles. The summed E-state index contributed by atoms with van der Waals surface area (Å²) in [5, 5.41) is 4.39. The summed E-state index contributed by atoms with van der Waals surface area (Å²) in [5.74, 6) is 1.50. The highest BCUT2D eigenvalue weighted by molar-refractivity contribution is 5.73. The lowest BCUT2D eigenvalue weighted by Gasteiger charge is -2.06. The van der Waals surface area contributed by atoms with Crippen LogP contribution in [0.5, 0.6) is 5.75 Å². The number of nitrogen functional groups attached to an aromatic ring is 1. The second-order valence-electron chi connectivity index (χ2n) is 4.82. The molecule has 106 valence electrons. The van der Waals surface area contributed by atoms with Crippen molar-refractivity contribution in [2.75, 3.05) is 12.8 Å². The van der Waals surface area contributed by atoms with Crippen LogP contribution >= 0.6 is 0 Å². The Morgan fingerprint density at radius 1 is 1.05 bits per heavy atom. The van der Waals surface area contributed by atoms with Crippen LogP contribution in [0.1, 0.15) is 5.56 Å². The molecular formula is C17H17N3O. The summed E-state index contributed by atoms with van der Waals surface area (Å²) in [7, 11) is 1.65. The fraction of sp³-hybridized carbons (Fsp3) is 0.118. The monoisotopic (exact) mass is 279 g/mol. The van der Waals surface area contributed by atoms with Crippen LogP contribution in [0, 0.1) is 0 Å². The van der Waals surface area contributed by atoms with E-state index in [2.05, 4.69) is 17.2 Å². The number of aromatic nitrogens is 2. The van der Waals surface area contributed by atoms with Gasteiger partial charge in [-0.3, -0.25) is 0 Å². The van der Waals surface area contributed by atoms with E-state index in [1.807, 2.05) is 47.1 Å². The molecule has 0 atom stereocenters. The van der Waals surface area contributed by atoms with Gasteiger partial charge >= 0.3 is 0 Å². The molecule has 1 aromatic heterocycles. The molecule has 0 aliphatic carbocycles. The maximum Gasteiger partial charge on any atom is 0.129 e. The lowest BCUT2D eigenvalue weighted by atomic mass is 10.1. The minimum atomic E-state index is 0.669. The van der Waals surface area contributed by atoms with Gasteiger partial charge in [-0.1, -0.05) is 42.5 Å². The molecule has 4 nitrogen and oxygen atoms in total. The Morgan fingerprint density at radius 3 is 2.43 bits per heavy atom. The fourth-order valence-corrected chi connectivity index (χ4v) is 2.27. The summed E-state index contributed by atoms with van der Waals surface area (Å²) in [5.41, 5.74) is 9.37. The number of rotatable bonds is 4. The molecule has 0 radical (unpaired) electrons. The summed E-state index contributed by atoms with van der Waals surface area (Å²) < 4.78 is 6.98. The third-order valence-corrected chi connectivity index (χ3v) is 3.46. The lowest BCUT2D eigenvalue weighted by Crippen LogP contribution is -2.06. The minimum Gasteiger partial charge on any atom is -0.497 e. The Bertz CT molecular complexity index is 718. The van der Waals surface area contributed by atoms with E-state index >= 15 is 0 Å². The zero-order valence-electron chi connectivity index (χ0n) is 11.9. The molecule has 2 aromatic carbocycles. The van der Waals surface area contributed by atoms with Gasteiger partial charge in [0, 0.05) is 5.56 Å². The molecule has 0 amide bonds. The zero-order valence-corrected chi connectivity index (χ0v) is 11.9. The van der Waals surface area contributed by atoms with E-state index in [1.165, 1.54) is 5.56 Å². The van der Waals surface area contributed by atoms with Crippen molar-refractivity contribution in [2.45, 2.75) is 6.54 Å². The highest BCUT2D eigenvalue weighted by atomic mass is 16.5. The highest BCUT2D eigenvalue weighted by Crippen LogP contribution is 2.27. The fourth-order valence-electron chi connectivity index (χ4n) is 2.27. The average molecular weight is 279 g/mol. The quantitative estimate of drug-likeness (QED) is 0.798. The molecule has 0 bridgehead atoms. The minimum absolute atomic E-state index is 0.669. The van der Waals surface area contributed by atoms with Crippen LogP contribution in [0.4, 0.5) is 5.82 Å². The molecule has 0 fully saturated rings. The standard InChI is InChI=1S/C17H17N3O/c1-21-15-9-7-14(8-10-15)16-11-19-20(17(16)18)12-13-5-3-2-4-6-13/h2-11H,12,18H2,1H3. The molecule has 4 heteroatoms. The number of hydrogen-bond acceptors (Lipinski definition) is 3. The molecule has 21 heavy (non-hydrogen) atoms. The van der Waals surface area contributed by atoms with Crippen molar-refractivity contribution in [3.8, 4) is 16.9 Å². The predicted molar refractivity (Wildman–Crippen MR) is 84.2 cm³/mol. The van der Waals surface area contributed by atoms with Crippen LogP contribution in [0.25, 0.3) is 11.1 Å². The normalized spacial score (nSPS) is 10.5. The molecule has 2 N–H and O–H groups in total. The first-order chi connectivity index (χ1) is 10.3. The number of hydrogen-bond donors (Lipinski definition) is 1. The van der Waals surface area contributed by atoms with Crippen LogP contribution in [-0.2, 0) is 6.54 Å². The third-order valence-electron chi connectivity index (χ3n) is 3.46. The van der Waals surface area contributed by atoms with Crippen molar-refractivity contribution in [1.82, 2.24) is 9.78 Å². The van der Waals surface area contributed by atoms with E-state index in [-0.39, 0.29) is 0 Å². The van der Waals surface area contributed by atoms with Crippen molar-refractivity contribution >= 4 is 5.82 Å². The van der Waals surface area contributed by atoms with E-state index in [0.717, 1.165) is 16.9 Å². The molecule has 0 aliphatic heterocycles. The maximum atomic E-state index is 6.22. The lowest BCUT2D eigenvalue weighted by molar-refractivity contribution is 0.415. The van der Waals surface area contributed by atoms with E-state index in [1.54, 1.807) is 13.3 Å². The third kappa shape index (κ3) is 2.74. The Morgan fingerprint density at radius 2 is 1.76 bits per heavy atom. The molecule has 3 rings (SSSR count). The SMILES string of the molecule is COc1ccc(-c2cnn(Cc3ccccc3)c2N)cc1. The van der Waals surface area contributed by atoms with Crippen LogP contribution in [0.3, 0.4) is 0 Å². The van der Waals surface area contributed by atoms with Crippen molar-refractivity contribution in [3.05, 3.63) is 66.4 Å². The topological polar surface area (TPSA) is 53.1 Å². The van der Waals surface area contributed by atoms with Gasteiger partial charge in [-0.25, -0.2) is 4.68 Å². The number of nitrogens with zero attached hydrogens (tertiary/aromatic N) is 2. The van der Waals surface area contributed by atoms with Gasteiger partial charge in [0.1, 0.15) is 11.6 Å². The Balaban J connectivity index is 1.88. The Hall–Kier alpha value is -2.75.